The third-order valence-electron chi connectivity index (χ3n) is 3.74. The molecule has 0 saturated carbocycles. The zero-order chi connectivity index (χ0) is 18.7. The first kappa shape index (κ1) is 18.0. The molecule has 0 amide bonds. The zero-order valence-electron chi connectivity index (χ0n) is 14.9. The van der Waals surface area contributed by atoms with Gasteiger partial charge in [0.25, 0.3) is 10.0 Å². The van der Waals surface area contributed by atoms with E-state index in [1.54, 1.807) is 23.9 Å². The van der Waals surface area contributed by atoms with Gasteiger partial charge < -0.3 is 4.74 Å². The fraction of sp³-hybridized carbons (Fsp3) is 0.211. The Morgan fingerprint density at radius 2 is 1.69 bits per heavy atom. The number of nitrogens with zero attached hydrogens (tertiary/aromatic N) is 2. The van der Waals surface area contributed by atoms with Crippen LogP contribution in [0.15, 0.2) is 65.7 Å². The van der Waals surface area contributed by atoms with E-state index in [9.17, 15) is 8.42 Å². The first-order chi connectivity index (χ1) is 12.4. The highest BCUT2D eigenvalue weighted by molar-refractivity contribution is 7.92. The van der Waals surface area contributed by atoms with Crippen LogP contribution in [-0.4, -0.2) is 24.3 Å². The Kier molecular flexibility index (Phi) is 4.99. The highest BCUT2D eigenvalue weighted by Crippen LogP contribution is 2.29. The lowest BCUT2D eigenvalue weighted by atomic mass is 10.1. The van der Waals surface area contributed by atoms with Crippen LogP contribution >= 0.6 is 0 Å². The standard InChI is InChI=1S/C19H21N3O3S/c1-14(2)25-16-9-11-17(12-10-16)26(23,24)21-18-13-20-22(3)19(18)15-7-5-4-6-8-15/h4-14,21H,1-3H3. The lowest BCUT2D eigenvalue weighted by Crippen LogP contribution is -2.13. The number of hydrogen-bond acceptors (Lipinski definition) is 4. The normalized spacial score (nSPS) is 11.5. The maximum absolute atomic E-state index is 12.7. The minimum atomic E-state index is -3.73. The molecular weight excluding hydrogens is 350 g/mol. The molecule has 0 aliphatic heterocycles. The van der Waals surface area contributed by atoms with Gasteiger partial charge in [-0.2, -0.15) is 5.10 Å². The molecule has 1 heterocycles. The van der Waals surface area contributed by atoms with Gasteiger partial charge in [0.05, 0.1) is 28.6 Å². The highest BCUT2D eigenvalue weighted by atomic mass is 32.2. The van der Waals surface area contributed by atoms with Crippen LogP contribution in [0.5, 0.6) is 5.75 Å². The molecule has 0 atom stereocenters. The fourth-order valence-electron chi connectivity index (χ4n) is 2.62. The summed E-state index contributed by atoms with van der Waals surface area (Å²) in [7, 11) is -1.96. The van der Waals surface area contributed by atoms with Crippen molar-refractivity contribution in [1.29, 1.82) is 0 Å². The van der Waals surface area contributed by atoms with Gasteiger partial charge in [0.1, 0.15) is 5.75 Å². The van der Waals surface area contributed by atoms with E-state index < -0.39 is 10.0 Å². The van der Waals surface area contributed by atoms with E-state index in [-0.39, 0.29) is 11.0 Å². The summed E-state index contributed by atoms with van der Waals surface area (Å²) in [5.74, 6) is 0.630. The number of benzene rings is 2. The Hall–Kier alpha value is -2.80. The second-order valence-corrected chi connectivity index (χ2v) is 7.82. The van der Waals surface area contributed by atoms with Crippen LogP contribution in [0.3, 0.4) is 0 Å². The van der Waals surface area contributed by atoms with Crippen LogP contribution in [-0.2, 0) is 17.1 Å². The van der Waals surface area contributed by atoms with Gasteiger partial charge in [-0.3, -0.25) is 9.40 Å². The van der Waals surface area contributed by atoms with Crippen molar-refractivity contribution in [2.75, 3.05) is 4.72 Å². The Bertz CT molecular complexity index is 979. The molecule has 7 heteroatoms. The molecule has 0 spiro atoms. The summed E-state index contributed by atoms with van der Waals surface area (Å²) in [5.41, 5.74) is 2.01. The van der Waals surface area contributed by atoms with E-state index in [1.807, 2.05) is 44.2 Å². The summed E-state index contributed by atoms with van der Waals surface area (Å²) in [4.78, 5) is 0.163. The van der Waals surface area contributed by atoms with Crippen LogP contribution < -0.4 is 9.46 Å². The second kappa shape index (κ2) is 7.21. The third kappa shape index (κ3) is 3.88. The van der Waals surface area contributed by atoms with Crippen LogP contribution in [0.1, 0.15) is 13.8 Å². The zero-order valence-corrected chi connectivity index (χ0v) is 15.7. The number of anilines is 1. The monoisotopic (exact) mass is 371 g/mol. The number of rotatable bonds is 6. The number of hydrogen-bond donors (Lipinski definition) is 1. The third-order valence-corrected chi connectivity index (χ3v) is 5.12. The number of aromatic nitrogens is 2. The largest absolute Gasteiger partial charge is 0.491 e. The smallest absolute Gasteiger partial charge is 0.262 e. The van der Waals surface area contributed by atoms with Crippen LogP contribution in [0, 0.1) is 0 Å². The van der Waals surface area contributed by atoms with Gasteiger partial charge in [0.2, 0.25) is 0 Å². The molecule has 0 unspecified atom stereocenters. The van der Waals surface area contributed by atoms with Gasteiger partial charge in [-0.25, -0.2) is 8.42 Å². The molecule has 26 heavy (non-hydrogen) atoms. The van der Waals surface area contributed by atoms with Gasteiger partial charge in [0.15, 0.2) is 0 Å². The Balaban J connectivity index is 1.89. The predicted molar refractivity (Wildman–Crippen MR) is 102 cm³/mol. The van der Waals surface area contributed by atoms with Crippen LogP contribution in [0.25, 0.3) is 11.3 Å². The van der Waals surface area contributed by atoms with E-state index >= 15 is 0 Å². The van der Waals surface area contributed by atoms with E-state index in [2.05, 4.69) is 9.82 Å². The molecular formula is C19H21N3O3S. The Morgan fingerprint density at radius 1 is 1.04 bits per heavy atom. The highest BCUT2D eigenvalue weighted by Gasteiger charge is 2.19. The predicted octanol–water partition coefficient (Wildman–Crippen LogP) is 3.68. The van der Waals surface area contributed by atoms with Gasteiger partial charge >= 0.3 is 0 Å². The van der Waals surface area contributed by atoms with Gasteiger partial charge in [-0.15, -0.1) is 0 Å². The minimum absolute atomic E-state index is 0.0272. The SMILES string of the molecule is CC(C)Oc1ccc(S(=O)(=O)Nc2cnn(C)c2-c2ccccc2)cc1. The van der Waals surface area contributed by atoms with Crippen LogP contribution in [0.2, 0.25) is 0 Å². The van der Waals surface area contributed by atoms with E-state index in [0.717, 1.165) is 5.56 Å². The summed E-state index contributed by atoms with van der Waals surface area (Å²) in [6.45, 7) is 3.83. The van der Waals surface area contributed by atoms with Crippen LogP contribution in [0.4, 0.5) is 5.69 Å². The van der Waals surface area contributed by atoms with Gasteiger partial charge in [0, 0.05) is 12.6 Å². The summed E-state index contributed by atoms with van der Waals surface area (Å²) in [6, 6.07) is 15.9. The van der Waals surface area contributed by atoms with Crippen molar-refractivity contribution in [3.8, 4) is 17.0 Å². The first-order valence-electron chi connectivity index (χ1n) is 8.24. The fourth-order valence-corrected chi connectivity index (χ4v) is 3.67. The average molecular weight is 371 g/mol. The second-order valence-electron chi connectivity index (χ2n) is 6.14. The summed E-state index contributed by atoms with van der Waals surface area (Å²) in [5, 5.41) is 4.19. The van der Waals surface area contributed by atoms with Crippen molar-refractivity contribution in [3.63, 3.8) is 0 Å². The molecule has 136 valence electrons. The number of nitrogens with one attached hydrogen (secondary N) is 1. The molecule has 0 aliphatic rings. The minimum Gasteiger partial charge on any atom is -0.491 e. The molecule has 1 N–H and O–H groups in total. The molecule has 3 aromatic rings. The van der Waals surface area contributed by atoms with Crippen molar-refractivity contribution < 1.29 is 13.2 Å². The first-order valence-corrected chi connectivity index (χ1v) is 9.72. The summed E-state index contributed by atoms with van der Waals surface area (Å²) < 4.78 is 35.3. The Morgan fingerprint density at radius 3 is 2.31 bits per heavy atom. The van der Waals surface area contributed by atoms with Gasteiger partial charge in [-0.1, -0.05) is 30.3 Å². The van der Waals surface area contributed by atoms with E-state index in [4.69, 9.17) is 4.74 Å². The quantitative estimate of drug-likeness (QED) is 0.717. The maximum Gasteiger partial charge on any atom is 0.262 e. The topological polar surface area (TPSA) is 73.2 Å². The molecule has 2 aromatic carbocycles. The van der Waals surface area contributed by atoms with E-state index in [0.29, 0.717) is 17.1 Å². The van der Waals surface area contributed by atoms with Crippen molar-refractivity contribution in [2.45, 2.75) is 24.8 Å². The molecule has 0 bridgehead atoms. The maximum atomic E-state index is 12.7. The molecule has 6 nitrogen and oxygen atoms in total. The van der Waals surface area contributed by atoms with Gasteiger partial charge in [-0.05, 0) is 38.1 Å². The van der Waals surface area contributed by atoms with Crippen molar-refractivity contribution in [1.82, 2.24) is 9.78 Å². The lowest BCUT2D eigenvalue weighted by molar-refractivity contribution is 0.242. The molecule has 0 fully saturated rings. The van der Waals surface area contributed by atoms with Crippen molar-refractivity contribution >= 4 is 15.7 Å². The molecule has 0 aliphatic carbocycles. The number of sulfonamides is 1. The molecule has 1 aromatic heterocycles. The Labute approximate surface area is 153 Å². The number of ether oxygens (including phenoxy) is 1. The molecule has 3 rings (SSSR count). The number of aryl methyl sites for hydroxylation is 1. The molecule has 0 saturated heterocycles. The molecule has 0 radical (unpaired) electrons. The van der Waals surface area contributed by atoms with Crippen molar-refractivity contribution in [3.05, 3.63) is 60.8 Å². The van der Waals surface area contributed by atoms with E-state index in [1.165, 1.54) is 18.3 Å². The lowest BCUT2D eigenvalue weighted by Gasteiger charge is -2.12. The van der Waals surface area contributed by atoms with Crippen molar-refractivity contribution in [2.24, 2.45) is 7.05 Å². The summed E-state index contributed by atoms with van der Waals surface area (Å²) >= 11 is 0. The average Bonchev–Trinajstić information content (AvgIpc) is 2.95. The summed E-state index contributed by atoms with van der Waals surface area (Å²) in [6.07, 6.45) is 1.54.